The number of benzene rings is 2. The van der Waals surface area contributed by atoms with E-state index in [0.29, 0.717) is 12.1 Å². The van der Waals surface area contributed by atoms with Crippen LogP contribution in [0, 0.1) is 0 Å². The van der Waals surface area contributed by atoms with Crippen LogP contribution in [0.5, 0.6) is 0 Å². The molecule has 26 heavy (non-hydrogen) atoms. The molecule has 0 radical (unpaired) electrons. The van der Waals surface area contributed by atoms with E-state index < -0.39 is 21.6 Å². The summed E-state index contributed by atoms with van der Waals surface area (Å²) in [5, 5.41) is 0. The van der Waals surface area contributed by atoms with Crippen LogP contribution in [0.2, 0.25) is 0 Å². The van der Waals surface area contributed by atoms with Crippen molar-refractivity contribution in [2.75, 3.05) is 4.90 Å². The monoisotopic (exact) mass is 373 g/mol. The van der Waals surface area contributed by atoms with Crippen LogP contribution in [-0.4, -0.2) is 25.9 Å². The Morgan fingerprint density at radius 1 is 1.08 bits per heavy atom. The maximum atomic E-state index is 12.6. The molecule has 1 unspecified atom stereocenters. The lowest BCUT2D eigenvalue weighted by atomic mass is 9.97. The van der Waals surface area contributed by atoms with E-state index in [1.807, 2.05) is 24.3 Å². The van der Waals surface area contributed by atoms with Gasteiger partial charge in [0, 0.05) is 11.2 Å². The summed E-state index contributed by atoms with van der Waals surface area (Å²) in [6.45, 7) is 5.34. The number of hydrogen-bond acceptors (Lipinski definition) is 4. The quantitative estimate of drug-likeness (QED) is 0.863. The first-order valence-electron chi connectivity index (χ1n) is 8.40. The lowest BCUT2D eigenvalue weighted by Gasteiger charge is -2.32. The van der Waals surface area contributed by atoms with Crippen LogP contribution in [0.3, 0.4) is 0 Å². The molecule has 1 amide bonds. The second-order valence-corrected chi connectivity index (χ2v) is 9.14. The first-order chi connectivity index (χ1) is 12.1. The molecule has 0 saturated heterocycles. The van der Waals surface area contributed by atoms with Crippen molar-refractivity contribution in [3.8, 4) is 0 Å². The van der Waals surface area contributed by atoms with Crippen LogP contribution in [0.25, 0.3) is 0 Å². The highest BCUT2D eigenvalue weighted by atomic mass is 32.2. The third-order valence-corrected chi connectivity index (χ3v) is 5.83. The number of carbonyl (C=O) groups excluding carboxylic acids is 1. The van der Waals surface area contributed by atoms with Crippen LogP contribution in [0.4, 0.5) is 11.4 Å². The normalized spacial score (nSPS) is 17.9. The average molecular weight is 373 g/mol. The van der Waals surface area contributed by atoms with Gasteiger partial charge in [-0.25, -0.2) is 13.1 Å². The smallest absolute Gasteiger partial charge is 0.248 e. The molecule has 0 spiro atoms. The Morgan fingerprint density at radius 2 is 1.69 bits per heavy atom. The number of nitrogens with two attached hydrogens (primary N) is 1. The number of hydrogen-bond donors (Lipinski definition) is 2. The van der Waals surface area contributed by atoms with E-state index in [9.17, 15) is 13.2 Å². The first-order valence-corrected chi connectivity index (χ1v) is 9.88. The Labute approximate surface area is 154 Å². The van der Waals surface area contributed by atoms with Gasteiger partial charge in [0.05, 0.1) is 16.6 Å². The Kier molecular flexibility index (Phi) is 4.64. The number of nitrogens with zero attached hydrogens (tertiary/aromatic N) is 1. The minimum absolute atomic E-state index is 0.151. The summed E-state index contributed by atoms with van der Waals surface area (Å²) >= 11 is 0. The Balaban J connectivity index is 1.98. The average Bonchev–Trinajstić information content (AvgIpc) is 2.54. The molecule has 3 rings (SSSR count). The van der Waals surface area contributed by atoms with Gasteiger partial charge in [-0.15, -0.1) is 0 Å². The second kappa shape index (κ2) is 6.50. The molecule has 1 aliphatic rings. The number of rotatable bonds is 3. The molecule has 3 N–H and O–H groups in total. The fourth-order valence-corrected chi connectivity index (χ4v) is 4.43. The number of para-hydroxylation sites is 1. The molecule has 0 saturated carbocycles. The van der Waals surface area contributed by atoms with Crippen molar-refractivity contribution in [1.82, 2.24) is 4.72 Å². The van der Waals surface area contributed by atoms with Crippen LogP contribution in [-0.2, 0) is 21.2 Å². The van der Waals surface area contributed by atoms with Gasteiger partial charge in [-0.3, -0.25) is 9.69 Å². The molecule has 0 aromatic heterocycles. The number of amides is 1. The Bertz CT molecular complexity index is 931. The minimum Gasteiger partial charge on any atom is -0.320 e. The molecule has 1 heterocycles. The van der Waals surface area contributed by atoms with E-state index in [1.165, 1.54) is 12.1 Å². The summed E-state index contributed by atoms with van der Waals surface area (Å²) in [6.07, 6.45) is 0.494. The minimum atomic E-state index is -3.63. The van der Waals surface area contributed by atoms with Gasteiger partial charge in [-0.05, 0) is 63.1 Å². The fourth-order valence-electron chi connectivity index (χ4n) is 3.01. The third-order valence-electron chi connectivity index (χ3n) is 4.06. The number of fused-ring (bicyclic) bond motifs is 1. The van der Waals surface area contributed by atoms with Gasteiger partial charge < -0.3 is 5.73 Å². The van der Waals surface area contributed by atoms with Crippen molar-refractivity contribution in [2.45, 2.75) is 43.7 Å². The van der Waals surface area contributed by atoms with E-state index in [1.54, 1.807) is 37.8 Å². The van der Waals surface area contributed by atoms with Gasteiger partial charge in [0.15, 0.2) is 0 Å². The van der Waals surface area contributed by atoms with E-state index in [-0.39, 0.29) is 10.8 Å². The number of nitrogens with one attached hydrogen (secondary N) is 1. The Morgan fingerprint density at radius 3 is 2.31 bits per heavy atom. The SMILES string of the molecule is CC(C)(C)NS(=O)(=O)c1ccc(N2C(=O)C(N)Cc3ccccc32)cc1. The third kappa shape index (κ3) is 3.65. The second-order valence-electron chi connectivity index (χ2n) is 7.46. The summed E-state index contributed by atoms with van der Waals surface area (Å²) in [5.41, 5.74) is 7.78. The topological polar surface area (TPSA) is 92.5 Å². The lowest BCUT2D eigenvalue weighted by Crippen LogP contribution is -2.46. The van der Waals surface area contributed by atoms with Crippen molar-refractivity contribution < 1.29 is 13.2 Å². The fraction of sp³-hybridized carbons (Fsp3) is 0.316. The predicted octanol–water partition coefficient (Wildman–Crippen LogP) is 2.31. The van der Waals surface area contributed by atoms with Crippen LogP contribution in [0.15, 0.2) is 53.4 Å². The summed E-state index contributed by atoms with van der Waals surface area (Å²) in [4.78, 5) is 14.3. The zero-order chi connectivity index (χ0) is 19.1. The standard InChI is InChI=1S/C19H23N3O3S/c1-19(2,3)21-26(24,25)15-10-8-14(9-11-15)22-17-7-5-4-6-13(17)12-16(20)18(22)23/h4-11,16,21H,12,20H2,1-3H3. The maximum absolute atomic E-state index is 12.6. The van der Waals surface area contributed by atoms with Crippen molar-refractivity contribution in [1.29, 1.82) is 0 Å². The van der Waals surface area contributed by atoms with Crippen molar-refractivity contribution in [3.63, 3.8) is 0 Å². The van der Waals surface area contributed by atoms with Crippen molar-refractivity contribution in [3.05, 3.63) is 54.1 Å². The summed E-state index contributed by atoms with van der Waals surface area (Å²) < 4.78 is 27.5. The van der Waals surface area contributed by atoms with Gasteiger partial charge in [0.1, 0.15) is 0 Å². The molecule has 2 aromatic carbocycles. The Hall–Kier alpha value is -2.22. The van der Waals surface area contributed by atoms with Crippen LogP contribution < -0.4 is 15.4 Å². The summed E-state index contributed by atoms with van der Waals surface area (Å²) in [5.74, 6) is -0.202. The molecular formula is C19H23N3O3S. The largest absolute Gasteiger partial charge is 0.320 e. The molecule has 6 nitrogen and oxygen atoms in total. The first kappa shape index (κ1) is 18.6. The van der Waals surface area contributed by atoms with E-state index in [0.717, 1.165) is 11.3 Å². The molecule has 1 atom stereocenters. The van der Waals surface area contributed by atoms with E-state index in [4.69, 9.17) is 5.73 Å². The van der Waals surface area contributed by atoms with E-state index in [2.05, 4.69) is 4.72 Å². The molecular weight excluding hydrogens is 350 g/mol. The number of carbonyl (C=O) groups is 1. The summed E-state index contributed by atoms with van der Waals surface area (Å²) in [6, 6.07) is 13.2. The molecule has 0 bridgehead atoms. The van der Waals surface area contributed by atoms with Crippen molar-refractivity contribution in [2.24, 2.45) is 5.73 Å². The van der Waals surface area contributed by atoms with Crippen molar-refractivity contribution >= 4 is 27.3 Å². The lowest BCUT2D eigenvalue weighted by molar-refractivity contribution is -0.119. The van der Waals surface area contributed by atoms with Crippen LogP contribution >= 0.6 is 0 Å². The number of anilines is 2. The summed E-state index contributed by atoms with van der Waals surface area (Å²) in [7, 11) is -3.63. The predicted molar refractivity (Wildman–Crippen MR) is 102 cm³/mol. The van der Waals surface area contributed by atoms with Gasteiger partial charge in [0.2, 0.25) is 15.9 Å². The molecule has 138 valence electrons. The van der Waals surface area contributed by atoms with Gasteiger partial charge >= 0.3 is 0 Å². The molecule has 0 fully saturated rings. The molecule has 0 aliphatic carbocycles. The van der Waals surface area contributed by atoms with E-state index >= 15 is 0 Å². The highest BCUT2D eigenvalue weighted by Crippen LogP contribution is 2.34. The van der Waals surface area contributed by atoms with Gasteiger partial charge in [-0.2, -0.15) is 0 Å². The van der Waals surface area contributed by atoms with Gasteiger partial charge in [-0.1, -0.05) is 18.2 Å². The molecule has 7 heteroatoms. The molecule has 1 aliphatic heterocycles. The zero-order valence-corrected chi connectivity index (χ0v) is 15.9. The number of sulfonamides is 1. The van der Waals surface area contributed by atoms with Gasteiger partial charge in [0.25, 0.3) is 0 Å². The maximum Gasteiger partial charge on any atom is 0.248 e. The highest BCUT2D eigenvalue weighted by Gasteiger charge is 2.31. The molecule has 2 aromatic rings. The zero-order valence-electron chi connectivity index (χ0n) is 15.1. The van der Waals surface area contributed by atoms with Crippen LogP contribution in [0.1, 0.15) is 26.3 Å². The highest BCUT2D eigenvalue weighted by molar-refractivity contribution is 7.89.